The molecule has 2 heterocycles. The van der Waals surface area contributed by atoms with Crippen molar-refractivity contribution in [3.63, 3.8) is 0 Å². The highest BCUT2D eigenvalue weighted by atomic mass is 32.2. The number of hydrogen-bond donors (Lipinski definition) is 0. The summed E-state index contributed by atoms with van der Waals surface area (Å²) < 4.78 is 1.94. The normalized spacial score (nSPS) is 13.0. The molecule has 0 saturated heterocycles. The average Bonchev–Trinajstić information content (AvgIpc) is 3.06. The van der Waals surface area contributed by atoms with Crippen LogP contribution in [0.15, 0.2) is 81.3 Å². The monoisotopic (exact) mass is 319 g/mol. The predicted octanol–water partition coefficient (Wildman–Crippen LogP) is 4.61. The minimum atomic E-state index is 0.143. The van der Waals surface area contributed by atoms with Crippen molar-refractivity contribution in [3.8, 4) is 11.1 Å². The third-order valence-corrected chi connectivity index (χ3v) is 5.25. The maximum Gasteiger partial charge on any atom is 0.259 e. The van der Waals surface area contributed by atoms with Gasteiger partial charge in [-0.25, -0.2) is 0 Å². The molecule has 3 aromatic rings. The van der Waals surface area contributed by atoms with E-state index >= 15 is 0 Å². The lowest BCUT2D eigenvalue weighted by Crippen LogP contribution is -2.21. The van der Waals surface area contributed by atoms with Gasteiger partial charge in [0, 0.05) is 22.0 Å². The van der Waals surface area contributed by atoms with E-state index in [0.29, 0.717) is 0 Å². The van der Waals surface area contributed by atoms with Crippen LogP contribution in [0.1, 0.15) is 12.1 Å². The van der Waals surface area contributed by atoms with Gasteiger partial charge in [0.2, 0.25) is 0 Å². The number of aromatic nitrogens is 1. The van der Waals surface area contributed by atoms with E-state index in [9.17, 15) is 4.79 Å². The summed E-state index contributed by atoms with van der Waals surface area (Å²) in [6.45, 7) is 0.838. The van der Waals surface area contributed by atoms with Crippen LogP contribution in [0.25, 0.3) is 11.1 Å². The molecule has 23 heavy (non-hydrogen) atoms. The lowest BCUT2D eigenvalue weighted by Gasteiger charge is -2.13. The van der Waals surface area contributed by atoms with E-state index in [1.807, 2.05) is 53.1 Å². The smallest absolute Gasteiger partial charge is 0.259 e. The molecule has 1 aliphatic rings. The van der Waals surface area contributed by atoms with Crippen molar-refractivity contribution in [2.45, 2.75) is 29.2 Å². The lowest BCUT2D eigenvalue weighted by molar-refractivity contribution is 0.719. The van der Waals surface area contributed by atoms with Crippen LogP contribution in [0, 0.1) is 0 Å². The van der Waals surface area contributed by atoms with E-state index in [1.165, 1.54) is 0 Å². The van der Waals surface area contributed by atoms with Gasteiger partial charge in [-0.2, -0.15) is 0 Å². The topological polar surface area (TPSA) is 22.0 Å². The molecule has 0 saturated carbocycles. The lowest BCUT2D eigenvalue weighted by atomic mass is 10.1. The highest BCUT2D eigenvalue weighted by molar-refractivity contribution is 7.99. The third kappa shape index (κ3) is 2.73. The Morgan fingerprint density at radius 1 is 0.913 bits per heavy atom. The zero-order chi connectivity index (χ0) is 15.6. The number of fused-ring (bicyclic) bond motifs is 1. The van der Waals surface area contributed by atoms with Gasteiger partial charge < -0.3 is 4.57 Å². The molecule has 0 N–H and O–H groups in total. The third-order valence-electron chi connectivity index (χ3n) is 4.20. The van der Waals surface area contributed by atoms with Crippen molar-refractivity contribution in [1.82, 2.24) is 4.57 Å². The van der Waals surface area contributed by atoms with Crippen LogP contribution >= 0.6 is 11.8 Å². The molecule has 0 bridgehead atoms. The van der Waals surface area contributed by atoms with Gasteiger partial charge in [0.05, 0.1) is 5.56 Å². The van der Waals surface area contributed by atoms with E-state index < -0.39 is 0 Å². The molecule has 0 atom stereocenters. The molecule has 0 unspecified atom stereocenters. The minimum Gasteiger partial charge on any atom is -0.312 e. The first-order valence-electron chi connectivity index (χ1n) is 7.88. The Balaban J connectivity index is 1.90. The van der Waals surface area contributed by atoms with Crippen molar-refractivity contribution in [2.24, 2.45) is 0 Å². The molecule has 0 radical (unpaired) electrons. The average molecular weight is 319 g/mol. The van der Waals surface area contributed by atoms with Crippen LogP contribution in [-0.4, -0.2) is 4.57 Å². The Morgan fingerprint density at radius 2 is 1.61 bits per heavy atom. The van der Waals surface area contributed by atoms with Gasteiger partial charge in [0.1, 0.15) is 0 Å². The van der Waals surface area contributed by atoms with Crippen LogP contribution in [0.2, 0.25) is 0 Å². The van der Waals surface area contributed by atoms with Crippen LogP contribution in [0.3, 0.4) is 0 Å². The second-order valence-electron chi connectivity index (χ2n) is 5.72. The maximum absolute atomic E-state index is 13.0. The summed E-state index contributed by atoms with van der Waals surface area (Å²) >= 11 is 1.68. The van der Waals surface area contributed by atoms with Crippen LogP contribution in [-0.2, 0) is 13.0 Å². The van der Waals surface area contributed by atoms with Crippen molar-refractivity contribution in [2.75, 3.05) is 0 Å². The summed E-state index contributed by atoms with van der Waals surface area (Å²) in [6, 6.07) is 22.5. The number of benzene rings is 2. The summed E-state index contributed by atoms with van der Waals surface area (Å²) in [5.41, 5.74) is 3.13. The fraction of sp³-hybridized carbons (Fsp3) is 0.150. The molecule has 0 fully saturated rings. The second-order valence-corrected chi connectivity index (χ2v) is 6.83. The van der Waals surface area contributed by atoms with E-state index in [-0.39, 0.29) is 5.56 Å². The molecule has 1 aliphatic heterocycles. The fourth-order valence-electron chi connectivity index (χ4n) is 3.11. The Kier molecular flexibility index (Phi) is 3.80. The first-order chi connectivity index (χ1) is 11.3. The first-order valence-corrected chi connectivity index (χ1v) is 8.69. The number of pyridine rings is 1. The maximum atomic E-state index is 13.0. The Hall–Kier alpha value is -2.26. The highest BCUT2D eigenvalue weighted by Gasteiger charge is 2.20. The molecule has 0 spiro atoms. The van der Waals surface area contributed by atoms with Crippen LogP contribution in [0.5, 0.6) is 0 Å². The number of aryl methyl sites for hydroxylation is 1. The molecule has 3 heteroatoms. The summed E-state index contributed by atoms with van der Waals surface area (Å²) in [6.07, 6.45) is 2.05. The largest absolute Gasteiger partial charge is 0.312 e. The van der Waals surface area contributed by atoms with Gasteiger partial charge in [-0.15, -0.1) is 0 Å². The summed E-state index contributed by atoms with van der Waals surface area (Å²) in [5.74, 6) is 0. The van der Waals surface area contributed by atoms with Crippen LogP contribution < -0.4 is 5.56 Å². The van der Waals surface area contributed by atoms with Gasteiger partial charge >= 0.3 is 0 Å². The second kappa shape index (κ2) is 6.09. The zero-order valence-electron chi connectivity index (χ0n) is 12.7. The van der Waals surface area contributed by atoms with Gasteiger partial charge in [-0.3, -0.25) is 4.79 Å². The molecule has 0 aliphatic carbocycles. The minimum absolute atomic E-state index is 0.143. The quantitative estimate of drug-likeness (QED) is 0.703. The molecule has 0 amide bonds. The van der Waals surface area contributed by atoms with Crippen molar-refractivity contribution in [1.29, 1.82) is 0 Å². The van der Waals surface area contributed by atoms with Gasteiger partial charge in [0.25, 0.3) is 5.56 Å². The fourth-order valence-corrected chi connectivity index (χ4v) is 4.16. The zero-order valence-corrected chi connectivity index (χ0v) is 13.6. The van der Waals surface area contributed by atoms with E-state index in [4.69, 9.17) is 0 Å². The van der Waals surface area contributed by atoms with Gasteiger partial charge in [0.15, 0.2) is 0 Å². The van der Waals surface area contributed by atoms with Crippen molar-refractivity contribution in [3.05, 3.63) is 82.8 Å². The van der Waals surface area contributed by atoms with Gasteiger partial charge in [-0.1, -0.05) is 60.3 Å². The SMILES string of the molecule is O=c1c(-c2ccccc2)c(Sc2ccccc2)cc2n1CCC2. The molecular formula is C20H17NOS. The van der Waals surface area contributed by atoms with E-state index in [0.717, 1.165) is 46.0 Å². The van der Waals surface area contributed by atoms with Crippen LogP contribution in [0.4, 0.5) is 0 Å². The standard InChI is InChI=1S/C20H17NOS/c22-20-19(15-8-3-1-4-9-15)18(14-16-10-7-13-21(16)20)23-17-11-5-2-6-12-17/h1-6,8-9,11-12,14H,7,10,13H2. The first kappa shape index (κ1) is 14.3. The predicted molar refractivity (Wildman–Crippen MR) is 95.0 cm³/mol. The molecule has 2 nitrogen and oxygen atoms in total. The number of nitrogens with zero attached hydrogens (tertiary/aromatic N) is 1. The van der Waals surface area contributed by atoms with E-state index in [2.05, 4.69) is 18.2 Å². The summed E-state index contributed by atoms with van der Waals surface area (Å²) in [7, 11) is 0. The van der Waals surface area contributed by atoms with Gasteiger partial charge in [-0.05, 0) is 36.6 Å². The summed E-state index contributed by atoms with van der Waals surface area (Å²) in [5, 5.41) is 0. The number of hydrogen-bond acceptors (Lipinski definition) is 2. The van der Waals surface area contributed by atoms with Crippen molar-refractivity contribution < 1.29 is 0 Å². The summed E-state index contributed by atoms with van der Waals surface area (Å²) in [4.78, 5) is 15.2. The Morgan fingerprint density at radius 3 is 2.35 bits per heavy atom. The Bertz CT molecular complexity index is 885. The van der Waals surface area contributed by atoms with E-state index in [1.54, 1.807) is 11.8 Å². The van der Waals surface area contributed by atoms with Crippen molar-refractivity contribution >= 4 is 11.8 Å². The highest BCUT2D eigenvalue weighted by Crippen LogP contribution is 2.35. The molecule has 4 rings (SSSR count). The molecule has 114 valence electrons. The molecule has 2 aromatic carbocycles. The molecule has 1 aromatic heterocycles. The number of rotatable bonds is 3. The Labute approximate surface area is 139 Å². The molecular weight excluding hydrogens is 302 g/mol.